The maximum Gasteiger partial charge on any atom is 0.274 e. The minimum absolute atomic E-state index is 0.0201. The smallest absolute Gasteiger partial charge is 0.274 e. The maximum absolute atomic E-state index is 12.4. The van der Waals surface area contributed by atoms with Gasteiger partial charge in [-0.05, 0) is 19.9 Å². The third-order valence-corrected chi connectivity index (χ3v) is 3.98. The third kappa shape index (κ3) is 4.14. The molecule has 0 bridgehead atoms. The molecule has 0 radical (unpaired) electrons. The molecule has 6 heteroatoms. The molecule has 1 aliphatic heterocycles. The zero-order valence-corrected chi connectivity index (χ0v) is 13.2. The number of amides is 1. The van der Waals surface area contributed by atoms with Crippen molar-refractivity contribution in [2.24, 2.45) is 0 Å². The normalized spacial score (nSPS) is 17.6. The van der Waals surface area contributed by atoms with Crippen molar-refractivity contribution < 1.29 is 4.79 Å². The average Bonchev–Trinajstić information content (AvgIpc) is 2.55. The first-order valence-electron chi connectivity index (χ1n) is 7.74. The van der Waals surface area contributed by atoms with Crippen LogP contribution in [-0.2, 0) is 0 Å². The molecule has 2 heterocycles. The molecule has 1 aromatic heterocycles. The van der Waals surface area contributed by atoms with Crippen LogP contribution in [0.3, 0.4) is 0 Å². The van der Waals surface area contributed by atoms with Crippen molar-refractivity contribution in [1.29, 1.82) is 0 Å². The van der Waals surface area contributed by atoms with E-state index in [0.717, 1.165) is 45.0 Å². The van der Waals surface area contributed by atoms with Crippen LogP contribution in [0.2, 0.25) is 0 Å². The molecule has 1 fully saturated rings. The second-order valence-electron chi connectivity index (χ2n) is 5.47. The highest BCUT2D eigenvalue weighted by Crippen LogP contribution is 2.09. The number of rotatable bonds is 5. The van der Waals surface area contributed by atoms with E-state index in [1.165, 1.54) is 0 Å². The summed E-state index contributed by atoms with van der Waals surface area (Å²) in [4.78, 5) is 25.1. The average molecular weight is 291 g/mol. The molecule has 0 aromatic carbocycles. The number of nitrogens with zero attached hydrogens (tertiary/aromatic N) is 4. The Morgan fingerprint density at radius 3 is 2.48 bits per heavy atom. The monoisotopic (exact) mass is 291 g/mol. The molecule has 1 saturated heterocycles. The predicted octanol–water partition coefficient (Wildman–Crippen LogP) is 1.46. The molecule has 1 amide bonds. The minimum atomic E-state index is -0.0201. The molecule has 1 aromatic rings. The lowest BCUT2D eigenvalue weighted by Crippen LogP contribution is -2.48. The van der Waals surface area contributed by atoms with Crippen LogP contribution in [0.5, 0.6) is 0 Å². The molecule has 6 nitrogen and oxygen atoms in total. The Balaban J connectivity index is 1.94. The second-order valence-corrected chi connectivity index (χ2v) is 5.47. The molecule has 1 aliphatic rings. The Hall–Kier alpha value is -1.69. The predicted molar refractivity (Wildman–Crippen MR) is 83.4 cm³/mol. The number of piperazine rings is 1. The second kappa shape index (κ2) is 7.36. The van der Waals surface area contributed by atoms with Crippen LogP contribution >= 0.6 is 0 Å². The Morgan fingerprint density at radius 1 is 1.24 bits per heavy atom. The van der Waals surface area contributed by atoms with E-state index in [9.17, 15) is 4.79 Å². The first-order valence-corrected chi connectivity index (χ1v) is 7.74. The molecule has 116 valence electrons. The van der Waals surface area contributed by atoms with E-state index in [1.54, 1.807) is 12.4 Å². The molecular weight excluding hydrogens is 266 g/mol. The fraction of sp³-hybridized carbons (Fsp3) is 0.667. The largest absolute Gasteiger partial charge is 0.366 e. The highest BCUT2D eigenvalue weighted by molar-refractivity contribution is 5.92. The van der Waals surface area contributed by atoms with Crippen LogP contribution in [0, 0.1) is 0 Å². The van der Waals surface area contributed by atoms with E-state index in [-0.39, 0.29) is 5.91 Å². The van der Waals surface area contributed by atoms with Crippen molar-refractivity contribution in [2.45, 2.75) is 33.2 Å². The summed E-state index contributed by atoms with van der Waals surface area (Å²) < 4.78 is 0. The van der Waals surface area contributed by atoms with Gasteiger partial charge in [0.2, 0.25) is 0 Å². The van der Waals surface area contributed by atoms with Crippen molar-refractivity contribution >= 4 is 11.7 Å². The third-order valence-electron chi connectivity index (χ3n) is 3.98. The summed E-state index contributed by atoms with van der Waals surface area (Å²) in [6, 6.07) is 0.350. The number of aromatic nitrogens is 2. The fourth-order valence-electron chi connectivity index (χ4n) is 2.30. The van der Waals surface area contributed by atoms with E-state index in [0.29, 0.717) is 11.7 Å². The van der Waals surface area contributed by atoms with Gasteiger partial charge in [0, 0.05) is 32.2 Å². The summed E-state index contributed by atoms with van der Waals surface area (Å²) in [5, 5.41) is 3.25. The Labute approximate surface area is 126 Å². The first-order chi connectivity index (χ1) is 10.1. The van der Waals surface area contributed by atoms with Gasteiger partial charge in [-0.15, -0.1) is 0 Å². The van der Waals surface area contributed by atoms with Crippen LogP contribution in [0.15, 0.2) is 12.4 Å². The summed E-state index contributed by atoms with van der Waals surface area (Å²) in [7, 11) is 0. The van der Waals surface area contributed by atoms with Crippen molar-refractivity contribution in [1.82, 2.24) is 19.8 Å². The maximum atomic E-state index is 12.4. The topological polar surface area (TPSA) is 61.4 Å². The van der Waals surface area contributed by atoms with Gasteiger partial charge in [-0.25, -0.2) is 9.97 Å². The lowest BCUT2D eigenvalue weighted by molar-refractivity contribution is 0.0637. The zero-order valence-electron chi connectivity index (χ0n) is 13.2. The Kier molecular flexibility index (Phi) is 5.50. The molecule has 1 N–H and O–H groups in total. The van der Waals surface area contributed by atoms with Crippen LogP contribution in [0.25, 0.3) is 0 Å². The van der Waals surface area contributed by atoms with Gasteiger partial charge in [0.25, 0.3) is 5.91 Å². The summed E-state index contributed by atoms with van der Waals surface area (Å²) in [5.74, 6) is 0.699. The molecular formula is C15H25N5O. The highest BCUT2D eigenvalue weighted by Gasteiger charge is 2.22. The highest BCUT2D eigenvalue weighted by atomic mass is 16.2. The van der Waals surface area contributed by atoms with Crippen LogP contribution in [0.4, 0.5) is 5.82 Å². The van der Waals surface area contributed by atoms with E-state index in [4.69, 9.17) is 0 Å². The van der Waals surface area contributed by atoms with Crippen molar-refractivity contribution in [2.75, 3.05) is 38.0 Å². The number of hydrogen-bond donors (Lipinski definition) is 1. The molecule has 2 rings (SSSR count). The summed E-state index contributed by atoms with van der Waals surface area (Å²) in [6.07, 6.45) is 4.23. The van der Waals surface area contributed by atoms with Gasteiger partial charge < -0.3 is 15.1 Å². The SMILES string of the molecule is CCC(C)Nc1cnc(C(=O)N2CCN(CC)CC2)cn1. The summed E-state index contributed by atoms with van der Waals surface area (Å²) in [5.41, 5.74) is 0.426. The van der Waals surface area contributed by atoms with Gasteiger partial charge >= 0.3 is 0 Å². The quantitative estimate of drug-likeness (QED) is 0.890. The fourth-order valence-corrected chi connectivity index (χ4v) is 2.30. The number of carbonyl (C=O) groups is 1. The van der Waals surface area contributed by atoms with Crippen molar-refractivity contribution in [3.63, 3.8) is 0 Å². The van der Waals surface area contributed by atoms with Gasteiger partial charge in [0.05, 0.1) is 12.4 Å². The lowest BCUT2D eigenvalue weighted by atomic mass is 10.2. The van der Waals surface area contributed by atoms with Gasteiger partial charge in [-0.3, -0.25) is 4.79 Å². The molecule has 1 atom stereocenters. The Bertz CT molecular complexity index is 454. The lowest BCUT2D eigenvalue weighted by Gasteiger charge is -2.33. The number of hydrogen-bond acceptors (Lipinski definition) is 5. The minimum Gasteiger partial charge on any atom is -0.366 e. The van der Waals surface area contributed by atoms with Crippen molar-refractivity contribution in [3.8, 4) is 0 Å². The van der Waals surface area contributed by atoms with Gasteiger partial charge in [-0.2, -0.15) is 0 Å². The van der Waals surface area contributed by atoms with E-state index < -0.39 is 0 Å². The number of nitrogens with one attached hydrogen (secondary N) is 1. The first kappa shape index (κ1) is 15.7. The van der Waals surface area contributed by atoms with Crippen LogP contribution in [0.1, 0.15) is 37.7 Å². The van der Waals surface area contributed by atoms with Gasteiger partial charge in [0.15, 0.2) is 0 Å². The zero-order chi connectivity index (χ0) is 15.2. The standard InChI is InChI=1S/C15H25N5O/c1-4-12(3)18-14-11-16-13(10-17-14)15(21)20-8-6-19(5-2)7-9-20/h10-12H,4-9H2,1-3H3,(H,17,18). The Morgan fingerprint density at radius 2 is 1.95 bits per heavy atom. The summed E-state index contributed by atoms with van der Waals surface area (Å²) >= 11 is 0. The summed E-state index contributed by atoms with van der Waals surface area (Å²) in [6.45, 7) is 10.8. The van der Waals surface area contributed by atoms with Crippen molar-refractivity contribution in [3.05, 3.63) is 18.1 Å². The number of carbonyl (C=O) groups excluding carboxylic acids is 1. The molecule has 0 aliphatic carbocycles. The van der Waals surface area contributed by atoms with E-state index in [1.807, 2.05) is 4.90 Å². The van der Waals surface area contributed by atoms with E-state index in [2.05, 4.69) is 41.0 Å². The number of likely N-dealkylation sites (N-methyl/N-ethyl adjacent to an activating group) is 1. The van der Waals surface area contributed by atoms with E-state index >= 15 is 0 Å². The van der Waals surface area contributed by atoms with Crippen LogP contribution < -0.4 is 5.32 Å². The molecule has 21 heavy (non-hydrogen) atoms. The molecule has 0 saturated carbocycles. The van der Waals surface area contributed by atoms with Gasteiger partial charge in [-0.1, -0.05) is 13.8 Å². The van der Waals surface area contributed by atoms with Gasteiger partial charge in [0.1, 0.15) is 11.5 Å². The number of anilines is 1. The van der Waals surface area contributed by atoms with Crippen LogP contribution in [-0.4, -0.2) is 64.4 Å². The molecule has 0 spiro atoms. The molecule has 1 unspecified atom stereocenters.